The van der Waals surface area contributed by atoms with E-state index >= 15 is 0 Å². The molecule has 0 bridgehead atoms. The van der Waals surface area contributed by atoms with Gasteiger partial charge in [-0.3, -0.25) is 9.59 Å². The molecule has 2 amide bonds. The van der Waals surface area contributed by atoms with Crippen molar-refractivity contribution in [1.29, 1.82) is 0 Å². The van der Waals surface area contributed by atoms with Crippen molar-refractivity contribution < 1.29 is 14.3 Å². The SMILES string of the molecule is CCCN1CCC(NC(=O)C2CC(=O)N(c3ccc(OC)cc3)C2)CC1. The number of piperidine rings is 1. The maximum Gasteiger partial charge on any atom is 0.227 e. The molecule has 0 aromatic heterocycles. The molecule has 2 fully saturated rings. The summed E-state index contributed by atoms with van der Waals surface area (Å²) in [6.07, 6.45) is 3.44. The maximum atomic E-state index is 12.6. The van der Waals surface area contributed by atoms with Crippen LogP contribution in [0.2, 0.25) is 0 Å². The van der Waals surface area contributed by atoms with Crippen molar-refractivity contribution in [1.82, 2.24) is 10.2 Å². The quantitative estimate of drug-likeness (QED) is 0.844. The van der Waals surface area contributed by atoms with Gasteiger partial charge in [-0.2, -0.15) is 0 Å². The van der Waals surface area contributed by atoms with Crippen molar-refractivity contribution in [2.75, 3.05) is 38.2 Å². The summed E-state index contributed by atoms with van der Waals surface area (Å²) in [5.74, 6) is 0.513. The molecule has 1 aromatic rings. The van der Waals surface area contributed by atoms with E-state index in [9.17, 15) is 9.59 Å². The molecule has 2 aliphatic rings. The highest BCUT2D eigenvalue weighted by Crippen LogP contribution is 2.27. The third kappa shape index (κ3) is 4.36. The monoisotopic (exact) mass is 359 g/mol. The van der Waals surface area contributed by atoms with Crippen LogP contribution in [-0.4, -0.2) is 56.0 Å². The Kier molecular flexibility index (Phi) is 6.14. The average molecular weight is 359 g/mol. The zero-order chi connectivity index (χ0) is 18.5. The van der Waals surface area contributed by atoms with Crippen LogP contribution in [-0.2, 0) is 9.59 Å². The smallest absolute Gasteiger partial charge is 0.227 e. The predicted octanol–water partition coefficient (Wildman–Crippen LogP) is 2.04. The number of anilines is 1. The molecule has 0 saturated carbocycles. The molecule has 2 heterocycles. The third-order valence-electron chi connectivity index (χ3n) is 5.35. The summed E-state index contributed by atoms with van der Waals surface area (Å²) in [7, 11) is 1.61. The second-order valence-corrected chi connectivity index (χ2v) is 7.23. The first-order valence-electron chi connectivity index (χ1n) is 9.58. The van der Waals surface area contributed by atoms with Crippen molar-refractivity contribution in [3.63, 3.8) is 0 Å². The van der Waals surface area contributed by atoms with Gasteiger partial charge in [0.25, 0.3) is 0 Å². The van der Waals surface area contributed by atoms with Gasteiger partial charge in [-0.15, -0.1) is 0 Å². The molecule has 2 aliphatic heterocycles. The molecule has 0 aliphatic carbocycles. The molecule has 26 heavy (non-hydrogen) atoms. The summed E-state index contributed by atoms with van der Waals surface area (Å²) in [5.41, 5.74) is 0.818. The zero-order valence-corrected chi connectivity index (χ0v) is 15.7. The fourth-order valence-electron chi connectivity index (χ4n) is 3.83. The van der Waals surface area contributed by atoms with Gasteiger partial charge >= 0.3 is 0 Å². The highest BCUT2D eigenvalue weighted by Gasteiger charge is 2.36. The van der Waals surface area contributed by atoms with Crippen molar-refractivity contribution in [2.45, 2.75) is 38.6 Å². The summed E-state index contributed by atoms with van der Waals surface area (Å²) < 4.78 is 5.15. The number of carbonyl (C=O) groups is 2. The lowest BCUT2D eigenvalue weighted by Gasteiger charge is -2.32. The lowest BCUT2D eigenvalue weighted by atomic mass is 10.0. The van der Waals surface area contributed by atoms with Gasteiger partial charge in [0.15, 0.2) is 0 Å². The van der Waals surface area contributed by atoms with Crippen LogP contribution < -0.4 is 15.0 Å². The van der Waals surface area contributed by atoms with E-state index in [4.69, 9.17) is 4.74 Å². The van der Waals surface area contributed by atoms with E-state index in [0.29, 0.717) is 6.54 Å². The Morgan fingerprint density at radius 3 is 2.54 bits per heavy atom. The van der Waals surface area contributed by atoms with Gasteiger partial charge in [-0.1, -0.05) is 6.92 Å². The summed E-state index contributed by atoms with van der Waals surface area (Å²) in [4.78, 5) is 29.1. The molecule has 2 saturated heterocycles. The van der Waals surface area contributed by atoms with E-state index in [2.05, 4.69) is 17.1 Å². The average Bonchev–Trinajstić information content (AvgIpc) is 3.05. The number of methoxy groups -OCH3 is 1. The Hall–Kier alpha value is -2.08. The van der Waals surface area contributed by atoms with Crippen LogP contribution >= 0.6 is 0 Å². The lowest BCUT2D eigenvalue weighted by molar-refractivity contribution is -0.127. The Morgan fingerprint density at radius 1 is 1.23 bits per heavy atom. The first-order valence-corrected chi connectivity index (χ1v) is 9.58. The summed E-state index contributed by atoms with van der Waals surface area (Å²) in [6.45, 7) is 5.86. The number of carbonyl (C=O) groups excluding carboxylic acids is 2. The van der Waals surface area contributed by atoms with Crippen molar-refractivity contribution in [2.24, 2.45) is 5.92 Å². The van der Waals surface area contributed by atoms with Crippen LogP contribution in [0.1, 0.15) is 32.6 Å². The highest BCUT2D eigenvalue weighted by atomic mass is 16.5. The molecule has 1 N–H and O–H groups in total. The number of amides is 2. The number of nitrogens with zero attached hydrogens (tertiary/aromatic N) is 2. The Morgan fingerprint density at radius 2 is 1.92 bits per heavy atom. The maximum absolute atomic E-state index is 12.6. The number of rotatable bonds is 6. The van der Waals surface area contributed by atoms with Crippen LogP contribution in [0.5, 0.6) is 5.75 Å². The predicted molar refractivity (Wildman–Crippen MR) is 101 cm³/mol. The van der Waals surface area contributed by atoms with Crippen LogP contribution in [0.4, 0.5) is 5.69 Å². The van der Waals surface area contributed by atoms with Crippen molar-refractivity contribution in [3.8, 4) is 5.75 Å². The number of nitrogens with one attached hydrogen (secondary N) is 1. The molecular formula is C20H29N3O3. The minimum atomic E-state index is -0.265. The molecule has 142 valence electrons. The van der Waals surface area contributed by atoms with Crippen LogP contribution in [0.15, 0.2) is 24.3 Å². The topological polar surface area (TPSA) is 61.9 Å². The molecule has 6 nitrogen and oxygen atoms in total. The van der Waals surface area contributed by atoms with E-state index in [1.165, 1.54) is 6.42 Å². The summed E-state index contributed by atoms with van der Waals surface area (Å²) in [6, 6.07) is 7.63. The van der Waals surface area contributed by atoms with Gasteiger partial charge in [-0.05, 0) is 50.1 Å². The Labute approximate surface area is 155 Å². The second-order valence-electron chi connectivity index (χ2n) is 7.23. The van der Waals surface area contributed by atoms with Gasteiger partial charge in [0.1, 0.15) is 5.75 Å². The fraction of sp³-hybridized carbons (Fsp3) is 0.600. The Bertz CT molecular complexity index is 624. The number of likely N-dealkylation sites (tertiary alicyclic amines) is 1. The molecule has 1 aromatic carbocycles. The molecule has 0 spiro atoms. The molecule has 6 heteroatoms. The molecule has 3 rings (SSSR count). The highest BCUT2D eigenvalue weighted by molar-refractivity contribution is 6.00. The van der Waals surface area contributed by atoms with Crippen molar-refractivity contribution in [3.05, 3.63) is 24.3 Å². The second kappa shape index (κ2) is 8.54. The number of ether oxygens (including phenoxy) is 1. The lowest BCUT2D eigenvalue weighted by Crippen LogP contribution is -2.46. The van der Waals surface area contributed by atoms with Crippen LogP contribution in [0, 0.1) is 5.92 Å². The van der Waals surface area contributed by atoms with E-state index in [1.807, 2.05) is 24.3 Å². The van der Waals surface area contributed by atoms with Gasteiger partial charge in [0.2, 0.25) is 11.8 Å². The third-order valence-corrected chi connectivity index (χ3v) is 5.35. The number of hydrogen-bond acceptors (Lipinski definition) is 4. The van der Waals surface area contributed by atoms with E-state index in [-0.39, 0.29) is 30.2 Å². The van der Waals surface area contributed by atoms with E-state index in [0.717, 1.165) is 43.9 Å². The first-order chi connectivity index (χ1) is 12.6. The standard InChI is InChI=1S/C20H29N3O3/c1-3-10-22-11-8-16(9-12-22)21-20(25)15-13-19(24)23(14-15)17-4-6-18(26-2)7-5-17/h4-7,15-16H,3,8-14H2,1-2H3,(H,21,25). The largest absolute Gasteiger partial charge is 0.497 e. The first kappa shape index (κ1) is 18.7. The number of benzene rings is 1. The van der Waals surface area contributed by atoms with Crippen LogP contribution in [0.25, 0.3) is 0 Å². The summed E-state index contributed by atoms with van der Waals surface area (Å²) in [5, 5.41) is 3.17. The van der Waals surface area contributed by atoms with Crippen molar-refractivity contribution >= 4 is 17.5 Å². The van der Waals surface area contributed by atoms with Gasteiger partial charge < -0.3 is 19.9 Å². The molecule has 1 unspecified atom stereocenters. The zero-order valence-electron chi connectivity index (χ0n) is 15.7. The van der Waals surface area contributed by atoms with Crippen LogP contribution in [0.3, 0.4) is 0 Å². The van der Waals surface area contributed by atoms with E-state index in [1.54, 1.807) is 12.0 Å². The van der Waals surface area contributed by atoms with E-state index < -0.39 is 0 Å². The van der Waals surface area contributed by atoms with Gasteiger partial charge in [0, 0.05) is 37.8 Å². The number of hydrogen-bond donors (Lipinski definition) is 1. The normalized spacial score (nSPS) is 21.8. The summed E-state index contributed by atoms with van der Waals surface area (Å²) >= 11 is 0. The molecular weight excluding hydrogens is 330 g/mol. The van der Waals surface area contributed by atoms with Gasteiger partial charge in [-0.25, -0.2) is 0 Å². The van der Waals surface area contributed by atoms with Gasteiger partial charge in [0.05, 0.1) is 13.0 Å². The molecule has 1 atom stereocenters. The fourth-order valence-corrected chi connectivity index (χ4v) is 3.83. The molecule has 0 radical (unpaired) electrons. The minimum Gasteiger partial charge on any atom is -0.497 e. The Balaban J connectivity index is 1.52. The minimum absolute atomic E-state index is 0.00748.